The van der Waals surface area contributed by atoms with Gasteiger partial charge in [-0.2, -0.15) is 12.6 Å². The zero-order valence-electron chi connectivity index (χ0n) is 18.2. The number of nitrogens with zero attached hydrogens (tertiary/aromatic N) is 4. The van der Waals surface area contributed by atoms with Gasteiger partial charge in [-0.1, -0.05) is 5.11 Å². The van der Waals surface area contributed by atoms with E-state index in [9.17, 15) is 19.2 Å². The molecule has 13 heteroatoms. The molecule has 3 N–H and O–H groups in total. The minimum Gasteiger partial charge on any atom is -0.481 e. The second kappa shape index (κ2) is 10.6. The van der Waals surface area contributed by atoms with Gasteiger partial charge in [-0.15, -0.1) is 0 Å². The number of allylic oxidation sites excluding steroid dienone is 1. The molecule has 2 aliphatic heterocycles. The summed E-state index contributed by atoms with van der Waals surface area (Å²) in [5.41, 5.74) is 8.18. The van der Waals surface area contributed by atoms with Crippen molar-refractivity contribution in [1.29, 1.82) is 0 Å². The molecule has 1 unspecified atom stereocenters. The maximum absolute atomic E-state index is 12.9. The second-order valence-electron chi connectivity index (χ2n) is 8.50. The Morgan fingerprint density at radius 2 is 2.06 bits per heavy atom. The van der Waals surface area contributed by atoms with Crippen molar-refractivity contribution >= 4 is 36.5 Å². The maximum atomic E-state index is 12.9. The van der Waals surface area contributed by atoms with E-state index in [0.717, 1.165) is 0 Å². The Morgan fingerprint density at radius 3 is 2.66 bits per heavy atom. The summed E-state index contributed by atoms with van der Waals surface area (Å²) in [6.45, 7) is 5.51. The molecule has 2 aliphatic rings. The average molecular weight is 469 g/mol. The van der Waals surface area contributed by atoms with Gasteiger partial charge in [0.15, 0.2) is 0 Å². The highest BCUT2D eigenvalue weighted by molar-refractivity contribution is 7.81. The molecule has 3 atom stereocenters. The van der Waals surface area contributed by atoms with Gasteiger partial charge in [-0.05, 0) is 51.1 Å². The van der Waals surface area contributed by atoms with Crippen LogP contribution < -0.4 is 10.6 Å². The van der Waals surface area contributed by atoms with Gasteiger partial charge in [0.05, 0.1) is 6.04 Å². The summed E-state index contributed by atoms with van der Waals surface area (Å²) in [7, 11) is 0. The van der Waals surface area contributed by atoms with Crippen LogP contribution >= 0.6 is 12.6 Å². The Labute approximate surface area is 190 Å². The molecule has 2 rings (SSSR count). The molecule has 0 aromatic rings. The molecule has 12 nitrogen and oxygen atoms in total. The standard InChI is InChI=1S/C19H28N6O6S/c1-19(2,3)31-18(30)23-13-15-11(32)9-10(5-6-12(26)27)14(25(15)17(13)29)16(28)21-7-4-8-22-24-20/h11,13,15,32H,4-9H2,1-3H3,(H,21,28)(H,23,30)(H,26,27)/t11?,13-,15+/m1/s1. The third kappa shape index (κ3) is 6.30. The van der Waals surface area contributed by atoms with Crippen LogP contribution in [0.25, 0.3) is 10.4 Å². The smallest absolute Gasteiger partial charge is 0.408 e. The first kappa shape index (κ1) is 25.3. The van der Waals surface area contributed by atoms with Crippen molar-refractivity contribution in [2.45, 2.75) is 69.4 Å². The highest BCUT2D eigenvalue weighted by Crippen LogP contribution is 2.40. The lowest BCUT2D eigenvalue weighted by Gasteiger charge is -2.53. The quantitative estimate of drug-likeness (QED) is 0.100. The minimum atomic E-state index is -1.02. The van der Waals surface area contributed by atoms with Gasteiger partial charge in [0.25, 0.3) is 11.8 Å². The van der Waals surface area contributed by atoms with Crippen LogP contribution in [0, 0.1) is 0 Å². The predicted molar refractivity (Wildman–Crippen MR) is 117 cm³/mol. The summed E-state index contributed by atoms with van der Waals surface area (Å²) in [5, 5.41) is 17.3. The molecule has 32 heavy (non-hydrogen) atoms. The van der Waals surface area contributed by atoms with Crippen LogP contribution in [0.15, 0.2) is 16.4 Å². The first-order chi connectivity index (χ1) is 15.0. The molecule has 2 heterocycles. The number of alkyl carbamates (subject to hydrolysis) is 1. The zero-order chi connectivity index (χ0) is 24.1. The fourth-order valence-corrected chi connectivity index (χ4v) is 4.14. The predicted octanol–water partition coefficient (Wildman–Crippen LogP) is 1.73. The van der Waals surface area contributed by atoms with Crippen LogP contribution in [0.4, 0.5) is 4.79 Å². The molecule has 0 saturated carbocycles. The number of azide groups is 1. The number of aliphatic carboxylic acids is 1. The summed E-state index contributed by atoms with van der Waals surface area (Å²) < 4.78 is 5.22. The van der Waals surface area contributed by atoms with Gasteiger partial charge in [-0.25, -0.2) is 4.79 Å². The van der Waals surface area contributed by atoms with Gasteiger partial charge >= 0.3 is 12.1 Å². The van der Waals surface area contributed by atoms with Gasteiger partial charge in [0.2, 0.25) is 0 Å². The lowest BCUT2D eigenvalue weighted by molar-refractivity contribution is -0.150. The van der Waals surface area contributed by atoms with Crippen molar-refractivity contribution in [3.8, 4) is 0 Å². The van der Waals surface area contributed by atoms with Gasteiger partial charge in [0.1, 0.15) is 17.3 Å². The molecule has 0 aromatic heterocycles. The Balaban J connectivity index is 2.20. The Kier molecular flexibility index (Phi) is 8.39. The van der Waals surface area contributed by atoms with Crippen LogP contribution in [0.2, 0.25) is 0 Å². The van der Waals surface area contributed by atoms with Crippen molar-refractivity contribution in [2.24, 2.45) is 5.11 Å². The molecule has 0 aromatic carbocycles. The number of ether oxygens (including phenoxy) is 1. The van der Waals surface area contributed by atoms with Crippen LogP contribution in [-0.2, 0) is 19.1 Å². The van der Waals surface area contributed by atoms with E-state index in [1.165, 1.54) is 4.90 Å². The SMILES string of the molecule is CC(C)(C)OC(=O)N[C@H]1C(=O)N2C(C(=O)NCCCN=[N+]=[N-])=C(CCC(=O)O)CC(S)[C@@H]12. The third-order valence-electron chi connectivity index (χ3n) is 4.88. The zero-order valence-corrected chi connectivity index (χ0v) is 19.1. The number of nitrogens with one attached hydrogen (secondary N) is 2. The Bertz CT molecular complexity index is 863. The van der Waals surface area contributed by atoms with Crippen molar-refractivity contribution in [2.75, 3.05) is 13.1 Å². The molecule has 3 amide bonds. The number of hydrogen-bond acceptors (Lipinski definition) is 7. The molecule has 0 aliphatic carbocycles. The average Bonchev–Trinajstić information content (AvgIpc) is 2.68. The van der Waals surface area contributed by atoms with Crippen LogP contribution in [0.1, 0.15) is 46.5 Å². The molecule has 1 fully saturated rings. The molecule has 0 spiro atoms. The fourth-order valence-electron chi connectivity index (χ4n) is 3.61. The number of carboxylic acid groups (broad SMARTS) is 1. The van der Waals surface area contributed by atoms with Crippen molar-refractivity contribution in [3.63, 3.8) is 0 Å². The number of rotatable bonds is 9. The van der Waals surface area contributed by atoms with Crippen LogP contribution in [0.5, 0.6) is 0 Å². The highest BCUT2D eigenvalue weighted by Gasteiger charge is 2.56. The number of carbonyl (C=O) groups is 4. The molecule has 1 saturated heterocycles. The normalized spacial score (nSPS) is 22.3. The summed E-state index contributed by atoms with van der Waals surface area (Å²) in [4.78, 5) is 52.9. The summed E-state index contributed by atoms with van der Waals surface area (Å²) in [6.07, 6.45) is -0.160. The van der Waals surface area contributed by atoms with E-state index in [0.29, 0.717) is 18.4 Å². The van der Waals surface area contributed by atoms with E-state index >= 15 is 0 Å². The number of carbonyl (C=O) groups excluding carboxylic acids is 3. The summed E-state index contributed by atoms with van der Waals surface area (Å²) in [5.74, 6) is -2.05. The van der Waals surface area contributed by atoms with Crippen molar-refractivity contribution < 1.29 is 29.0 Å². The largest absolute Gasteiger partial charge is 0.481 e. The number of fused-ring (bicyclic) bond motifs is 1. The topological polar surface area (TPSA) is 174 Å². The van der Waals surface area contributed by atoms with Crippen LogP contribution in [-0.4, -0.2) is 69.9 Å². The second-order valence-corrected chi connectivity index (χ2v) is 9.17. The van der Waals surface area contributed by atoms with E-state index in [1.54, 1.807) is 20.8 Å². The lowest BCUT2D eigenvalue weighted by atomic mass is 9.81. The minimum absolute atomic E-state index is 0.0918. The van der Waals surface area contributed by atoms with Gasteiger partial charge < -0.3 is 20.5 Å². The summed E-state index contributed by atoms with van der Waals surface area (Å²) in [6, 6.07) is -1.47. The lowest BCUT2D eigenvalue weighted by Crippen LogP contribution is -2.75. The first-order valence-electron chi connectivity index (χ1n) is 10.2. The molecule has 0 bridgehead atoms. The van der Waals surface area contributed by atoms with E-state index in [4.69, 9.17) is 15.4 Å². The Morgan fingerprint density at radius 1 is 1.38 bits per heavy atom. The number of carboxylic acids is 1. The van der Waals surface area contributed by atoms with Gasteiger partial charge in [0, 0.05) is 29.7 Å². The maximum Gasteiger partial charge on any atom is 0.408 e. The van der Waals surface area contributed by atoms with E-state index in [-0.39, 0.29) is 31.6 Å². The number of thiol groups is 1. The van der Waals surface area contributed by atoms with Crippen molar-refractivity contribution in [3.05, 3.63) is 21.7 Å². The number of β-lactam (4-membered cyclic amide) rings is 1. The molecule has 176 valence electrons. The van der Waals surface area contributed by atoms with E-state index in [2.05, 4.69) is 33.3 Å². The monoisotopic (exact) mass is 468 g/mol. The summed E-state index contributed by atoms with van der Waals surface area (Å²) >= 11 is 4.55. The van der Waals surface area contributed by atoms with E-state index in [1.807, 2.05) is 0 Å². The fraction of sp³-hybridized carbons (Fsp3) is 0.684. The first-order valence-corrected chi connectivity index (χ1v) is 10.7. The number of hydrogen-bond donors (Lipinski definition) is 4. The van der Waals surface area contributed by atoms with Gasteiger partial charge in [-0.3, -0.25) is 19.3 Å². The molecular weight excluding hydrogens is 440 g/mol. The highest BCUT2D eigenvalue weighted by atomic mass is 32.1. The number of amides is 3. The van der Waals surface area contributed by atoms with E-state index < -0.39 is 46.8 Å². The van der Waals surface area contributed by atoms with Crippen molar-refractivity contribution in [1.82, 2.24) is 15.5 Å². The molecule has 0 radical (unpaired) electrons. The molecular formula is C19H28N6O6S. The third-order valence-corrected chi connectivity index (χ3v) is 5.37. The van der Waals surface area contributed by atoms with Crippen LogP contribution in [0.3, 0.4) is 0 Å². The Hall–Kier alpha value is -2.92.